The first-order valence-electron chi connectivity index (χ1n) is 8.79. The van der Waals surface area contributed by atoms with E-state index in [4.69, 9.17) is 4.84 Å². The molecule has 27 heavy (non-hydrogen) atoms. The second kappa shape index (κ2) is 7.19. The molecule has 0 saturated heterocycles. The van der Waals surface area contributed by atoms with Crippen LogP contribution in [0, 0.1) is 5.82 Å². The lowest BCUT2D eigenvalue weighted by Gasteiger charge is -2.10. The number of carbonyl (C=O) groups excluding carboxylic acids is 2. The summed E-state index contributed by atoms with van der Waals surface area (Å²) in [5, 5.41) is 9.55. The van der Waals surface area contributed by atoms with E-state index in [1.165, 1.54) is 12.1 Å². The molecule has 138 valence electrons. The minimum Gasteiger partial charge on any atom is -0.382 e. The van der Waals surface area contributed by atoms with Crippen molar-refractivity contribution in [3.05, 3.63) is 65.5 Å². The van der Waals surface area contributed by atoms with Crippen LogP contribution >= 0.6 is 0 Å². The monoisotopic (exact) mass is 367 g/mol. The molecule has 0 aromatic heterocycles. The van der Waals surface area contributed by atoms with Gasteiger partial charge in [-0.15, -0.1) is 0 Å². The molecule has 1 atom stereocenters. The minimum absolute atomic E-state index is 0.109. The second-order valence-corrected chi connectivity index (χ2v) is 6.66. The zero-order chi connectivity index (χ0) is 18.8. The van der Waals surface area contributed by atoms with Gasteiger partial charge in [-0.05, 0) is 49.2 Å². The Balaban J connectivity index is 1.33. The summed E-state index contributed by atoms with van der Waals surface area (Å²) in [5.74, 6) is -0.822. The number of nitrogens with one attached hydrogen (secondary N) is 2. The van der Waals surface area contributed by atoms with Gasteiger partial charge in [-0.3, -0.25) is 9.59 Å². The van der Waals surface area contributed by atoms with E-state index < -0.39 is 6.10 Å². The second-order valence-electron chi connectivity index (χ2n) is 6.66. The number of anilines is 1. The average Bonchev–Trinajstić information content (AvgIpc) is 3.33. The molecular formula is C20H18FN3O3. The molecule has 2 amide bonds. The molecule has 4 rings (SSSR count). The summed E-state index contributed by atoms with van der Waals surface area (Å²) in [6.07, 6.45) is 1.54. The number of hydrogen-bond donors (Lipinski definition) is 2. The van der Waals surface area contributed by atoms with Gasteiger partial charge in [-0.2, -0.15) is 0 Å². The van der Waals surface area contributed by atoms with E-state index in [0.717, 1.165) is 12.8 Å². The largest absolute Gasteiger partial charge is 0.382 e. The van der Waals surface area contributed by atoms with Crippen molar-refractivity contribution in [2.75, 3.05) is 5.32 Å². The predicted molar refractivity (Wildman–Crippen MR) is 98.0 cm³/mol. The third-order valence-electron chi connectivity index (χ3n) is 4.45. The fourth-order valence-electron chi connectivity index (χ4n) is 2.78. The number of rotatable bonds is 5. The molecule has 0 bridgehead atoms. The van der Waals surface area contributed by atoms with Crippen LogP contribution in [-0.4, -0.2) is 29.7 Å². The third kappa shape index (κ3) is 4.13. The van der Waals surface area contributed by atoms with Crippen molar-refractivity contribution in [2.24, 2.45) is 5.16 Å². The molecule has 1 fully saturated rings. The van der Waals surface area contributed by atoms with Crippen molar-refractivity contribution in [2.45, 2.75) is 31.4 Å². The Morgan fingerprint density at radius 3 is 2.59 bits per heavy atom. The quantitative estimate of drug-likeness (QED) is 0.853. The highest BCUT2D eigenvalue weighted by atomic mass is 19.1. The maximum atomic E-state index is 13.3. The topological polar surface area (TPSA) is 79.8 Å². The summed E-state index contributed by atoms with van der Waals surface area (Å²) < 4.78 is 13.3. The maximum Gasteiger partial charge on any atom is 0.268 e. The SMILES string of the molecule is O=C(NC1CC1)c1ccc(NC(=O)C2CC(c3cccc(F)c3)=NO2)cc1. The summed E-state index contributed by atoms with van der Waals surface area (Å²) >= 11 is 0. The summed E-state index contributed by atoms with van der Waals surface area (Å²) in [4.78, 5) is 29.5. The Morgan fingerprint density at radius 1 is 1.11 bits per heavy atom. The normalized spacial score (nSPS) is 18.4. The highest BCUT2D eigenvalue weighted by molar-refractivity contribution is 6.06. The van der Waals surface area contributed by atoms with Crippen molar-refractivity contribution in [1.29, 1.82) is 0 Å². The van der Waals surface area contributed by atoms with Gasteiger partial charge < -0.3 is 15.5 Å². The van der Waals surface area contributed by atoms with Crippen molar-refractivity contribution >= 4 is 23.2 Å². The van der Waals surface area contributed by atoms with Crippen LogP contribution < -0.4 is 10.6 Å². The molecule has 0 radical (unpaired) electrons. The molecule has 1 saturated carbocycles. The van der Waals surface area contributed by atoms with E-state index >= 15 is 0 Å². The molecule has 1 heterocycles. The highest BCUT2D eigenvalue weighted by Crippen LogP contribution is 2.21. The summed E-state index contributed by atoms with van der Waals surface area (Å²) in [5.41, 5.74) is 2.23. The molecule has 2 aromatic rings. The van der Waals surface area contributed by atoms with Gasteiger partial charge in [-0.25, -0.2) is 4.39 Å². The van der Waals surface area contributed by atoms with Crippen molar-refractivity contribution in [1.82, 2.24) is 5.32 Å². The van der Waals surface area contributed by atoms with Crippen LogP contribution in [0.3, 0.4) is 0 Å². The van der Waals surface area contributed by atoms with E-state index in [1.807, 2.05) is 0 Å². The van der Waals surface area contributed by atoms with Gasteiger partial charge in [0.1, 0.15) is 5.82 Å². The van der Waals surface area contributed by atoms with Crippen LogP contribution in [0.25, 0.3) is 0 Å². The maximum absolute atomic E-state index is 13.3. The fourth-order valence-corrected chi connectivity index (χ4v) is 2.78. The van der Waals surface area contributed by atoms with Crippen molar-refractivity contribution in [3.8, 4) is 0 Å². The molecule has 1 aliphatic carbocycles. The first kappa shape index (κ1) is 17.2. The van der Waals surface area contributed by atoms with Crippen LogP contribution in [0.5, 0.6) is 0 Å². The summed E-state index contributed by atoms with van der Waals surface area (Å²) in [7, 11) is 0. The lowest BCUT2D eigenvalue weighted by atomic mass is 10.0. The molecule has 7 heteroatoms. The number of hydrogen-bond acceptors (Lipinski definition) is 4. The standard InChI is InChI=1S/C20H18FN3O3/c21-14-3-1-2-13(10-14)17-11-18(27-24-17)20(26)23-15-6-4-12(5-7-15)19(25)22-16-8-9-16/h1-7,10,16,18H,8-9,11H2,(H,22,25)(H,23,26). The van der Waals surface area contributed by atoms with Crippen LogP contribution in [0.4, 0.5) is 10.1 Å². The zero-order valence-electron chi connectivity index (χ0n) is 14.4. The minimum atomic E-state index is -0.777. The fraction of sp³-hybridized carbons (Fsp3) is 0.250. The predicted octanol–water partition coefficient (Wildman–Crippen LogP) is 2.85. The van der Waals surface area contributed by atoms with E-state index in [9.17, 15) is 14.0 Å². The molecule has 1 unspecified atom stereocenters. The highest BCUT2D eigenvalue weighted by Gasteiger charge is 2.29. The van der Waals surface area contributed by atoms with E-state index in [1.54, 1.807) is 36.4 Å². The first-order chi connectivity index (χ1) is 13.1. The summed E-state index contributed by atoms with van der Waals surface area (Å²) in [6, 6.07) is 13.0. The van der Waals surface area contributed by atoms with Gasteiger partial charge in [0, 0.05) is 29.3 Å². The Morgan fingerprint density at radius 2 is 1.89 bits per heavy atom. The molecule has 0 spiro atoms. The van der Waals surface area contributed by atoms with Crippen molar-refractivity contribution in [3.63, 3.8) is 0 Å². The number of oxime groups is 1. The number of halogens is 1. The Labute approximate surface area is 155 Å². The average molecular weight is 367 g/mol. The zero-order valence-corrected chi connectivity index (χ0v) is 14.4. The number of carbonyl (C=O) groups is 2. The first-order valence-corrected chi connectivity index (χ1v) is 8.79. The molecule has 2 N–H and O–H groups in total. The van der Waals surface area contributed by atoms with Crippen LogP contribution in [0.1, 0.15) is 35.2 Å². The van der Waals surface area contributed by atoms with Gasteiger partial charge in [0.25, 0.3) is 11.8 Å². The number of amides is 2. The molecule has 2 aromatic carbocycles. The van der Waals surface area contributed by atoms with Crippen LogP contribution in [0.2, 0.25) is 0 Å². The van der Waals surface area contributed by atoms with Gasteiger partial charge >= 0.3 is 0 Å². The van der Waals surface area contributed by atoms with E-state index in [2.05, 4.69) is 15.8 Å². The smallest absolute Gasteiger partial charge is 0.268 e. The van der Waals surface area contributed by atoms with E-state index in [0.29, 0.717) is 28.6 Å². The molecular weight excluding hydrogens is 349 g/mol. The molecule has 1 aliphatic heterocycles. The van der Waals surface area contributed by atoms with Gasteiger partial charge in [0.2, 0.25) is 6.10 Å². The lowest BCUT2D eigenvalue weighted by molar-refractivity contribution is -0.125. The summed E-state index contributed by atoms with van der Waals surface area (Å²) in [6.45, 7) is 0. The Kier molecular flexibility index (Phi) is 4.58. The van der Waals surface area contributed by atoms with Crippen LogP contribution in [-0.2, 0) is 9.63 Å². The van der Waals surface area contributed by atoms with Crippen molar-refractivity contribution < 1.29 is 18.8 Å². The van der Waals surface area contributed by atoms with Gasteiger partial charge in [-0.1, -0.05) is 17.3 Å². The van der Waals surface area contributed by atoms with Gasteiger partial charge in [0.15, 0.2) is 0 Å². The molecule has 6 nitrogen and oxygen atoms in total. The lowest BCUT2D eigenvalue weighted by Crippen LogP contribution is -2.28. The molecule has 2 aliphatic rings. The number of nitrogens with zero attached hydrogens (tertiary/aromatic N) is 1. The number of benzene rings is 2. The van der Waals surface area contributed by atoms with Crippen LogP contribution in [0.15, 0.2) is 53.7 Å². The Hall–Kier alpha value is -3.22. The third-order valence-corrected chi connectivity index (χ3v) is 4.45. The van der Waals surface area contributed by atoms with Gasteiger partial charge in [0.05, 0.1) is 5.71 Å². The Bertz CT molecular complexity index is 907. The van der Waals surface area contributed by atoms with E-state index in [-0.39, 0.29) is 24.1 Å².